The Bertz CT molecular complexity index is 204. The molecule has 0 rings (SSSR count). The summed E-state index contributed by atoms with van der Waals surface area (Å²) in [5, 5.41) is 0. The molecule has 0 saturated carbocycles. The molecule has 82 valence electrons. The van der Waals surface area contributed by atoms with Gasteiger partial charge in [-0.1, -0.05) is 6.58 Å². The van der Waals surface area contributed by atoms with Crippen LogP contribution in [-0.2, 0) is 4.79 Å². The summed E-state index contributed by atoms with van der Waals surface area (Å²) < 4.78 is 23.5. The van der Waals surface area contributed by atoms with E-state index in [0.717, 1.165) is 0 Å². The Kier molecular flexibility index (Phi) is 6.08. The first-order valence-electron chi connectivity index (χ1n) is 4.64. The number of alkyl halides is 2. The van der Waals surface area contributed by atoms with E-state index in [1.54, 1.807) is 14.0 Å². The highest BCUT2D eigenvalue weighted by atomic mass is 19.3. The van der Waals surface area contributed by atoms with Crippen molar-refractivity contribution in [1.29, 1.82) is 0 Å². The largest absolute Gasteiger partial charge is 0.342 e. The maximum Gasteiger partial charge on any atom is 0.248 e. The number of likely N-dealkylation sites (N-methyl/N-ethyl adjacent to an activating group) is 1. The monoisotopic (exact) mass is 205 g/mol. The van der Waals surface area contributed by atoms with Crippen LogP contribution >= 0.6 is 0 Å². The van der Waals surface area contributed by atoms with E-state index in [1.807, 2.05) is 0 Å². The van der Waals surface area contributed by atoms with Crippen molar-refractivity contribution in [3.05, 3.63) is 12.2 Å². The van der Waals surface area contributed by atoms with E-state index in [-0.39, 0.29) is 12.3 Å². The molecule has 4 heteroatoms. The zero-order valence-electron chi connectivity index (χ0n) is 8.72. The highest BCUT2D eigenvalue weighted by molar-refractivity contribution is 5.91. The number of rotatable bonds is 6. The number of unbranched alkanes of at least 4 members (excludes halogenated alkanes) is 1. The molecule has 0 unspecified atom stereocenters. The first-order chi connectivity index (χ1) is 6.45. The van der Waals surface area contributed by atoms with Crippen molar-refractivity contribution in [2.45, 2.75) is 32.6 Å². The number of carbonyl (C=O) groups is 1. The van der Waals surface area contributed by atoms with E-state index < -0.39 is 6.43 Å². The molecule has 0 bridgehead atoms. The molecule has 0 radical (unpaired) electrons. The Morgan fingerprint density at radius 1 is 1.43 bits per heavy atom. The zero-order chi connectivity index (χ0) is 11.1. The van der Waals surface area contributed by atoms with E-state index in [1.165, 1.54) is 4.90 Å². The van der Waals surface area contributed by atoms with Crippen LogP contribution in [0.2, 0.25) is 0 Å². The lowest BCUT2D eigenvalue weighted by Crippen LogP contribution is -2.28. The zero-order valence-corrected chi connectivity index (χ0v) is 8.72. The van der Waals surface area contributed by atoms with Gasteiger partial charge >= 0.3 is 0 Å². The quantitative estimate of drug-likeness (QED) is 0.482. The van der Waals surface area contributed by atoms with Crippen LogP contribution in [0.5, 0.6) is 0 Å². The summed E-state index contributed by atoms with van der Waals surface area (Å²) in [6.07, 6.45) is -1.27. The summed E-state index contributed by atoms with van der Waals surface area (Å²) in [5.41, 5.74) is 0.473. The van der Waals surface area contributed by atoms with Crippen molar-refractivity contribution < 1.29 is 13.6 Å². The van der Waals surface area contributed by atoms with Gasteiger partial charge in [-0.3, -0.25) is 4.79 Å². The summed E-state index contributed by atoms with van der Waals surface area (Å²) in [6, 6.07) is 0. The number of hydrogen-bond acceptors (Lipinski definition) is 1. The predicted molar refractivity (Wildman–Crippen MR) is 52.3 cm³/mol. The van der Waals surface area contributed by atoms with Crippen molar-refractivity contribution in [3.8, 4) is 0 Å². The lowest BCUT2D eigenvalue weighted by molar-refractivity contribution is -0.125. The number of nitrogens with zero attached hydrogens (tertiary/aromatic N) is 1. The number of halogens is 2. The second kappa shape index (κ2) is 6.51. The SMILES string of the molecule is C=C(C)C(=O)N(C)CCCCC(F)F. The van der Waals surface area contributed by atoms with E-state index in [2.05, 4.69) is 6.58 Å². The van der Waals surface area contributed by atoms with Crippen LogP contribution < -0.4 is 0 Å². The molecule has 1 amide bonds. The summed E-state index contributed by atoms with van der Waals surface area (Å²) in [7, 11) is 1.65. The molecule has 0 N–H and O–H groups in total. The van der Waals surface area contributed by atoms with E-state index in [0.29, 0.717) is 25.0 Å². The van der Waals surface area contributed by atoms with Gasteiger partial charge in [-0.25, -0.2) is 8.78 Å². The molecule has 0 saturated heterocycles. The minimum absolute atomic E-state index is 0.0882. The van der Waals surface area contributed by atoms with Crippen LogP contribution in [-0.4, -0.2) is 30.8 Å². The predicted octanol–water partition coefficient (Wildman–Crippen LogP) is 2.46. The summed E-state index contributed by atoms with van der Waals surface area (Å²) in [6.45, 7) is 5.67. The van der Waals surface area contributed by atoms with Crippen LogP contribution in [0.15, 0.2) is 12.2 Å². The minimum atomic E-state index is -2.24. The standard InChI is InChI=1S/C10H17F2NO/c1-8(2)10(14)13(3)7-5-4-6-9(11)12/h9H,1,4-7H2,2-3H3. The van der Waals surface area contributed by atoms with Crippen LogP contribution in [0.1, 0.15) is 26.2 Å². The van der Waals surface area contributed by atoms with Crippen LogP contribution in [0.4, 0.5) is 8.78 Å². The van der Waals surface area contributed by atoms with Crippen LogP contribution in [0.25, 0.3) is 0 Å². The highest BCUT2D eigenvalue weighted by Crippen LogP contribution is 2.06. The van der Waals surface area contributed by atoms with Gasteiger partial charge in [-0.05, 0) is 19.8 Å². The fourth-order valence-electron chi connectivity index (χ4n) is 1.07. The van der Waals surface area contributed by atoms with Crippen LogP contribution in [0, 0.1) is 0 Å². The second-order valence-electron chi connectivity index (χ2n) is 3.39. The lowest BCUT2D eigenvalue weighted by Gasteiger charge is -2.16. The van der Waals surface area contributed by atoms with Gasteiger partial charge in [0.1, 0.15) is 0 Å². The smallest absolute Gasteiger partial charge is 0.248 e. The molecule has 0 fully saturated rings. The first-order valence-corrected chi connectivity index (χ1v) is 4.64. The fraction of sp³-hybridized carbons (Fsp3) is 0.700. The average molecular weight is 205 g/mol. The van der Waals surface area contributed by atoms with Gasteiger partial charge in [0.05, 0.1) is 0 Å². The molecule has 0 aromatic carbocycles. The van der Waals surface area contributed by atoms with Gasteiger partial charge < -0.3 is 4.90 Å². The van der Waals surface area contributed by atoms with Crippen molar-refractivity contribution in [1.82, 2.24) is 4.90 Å². The van der Waals surface area contributed by atoms with E-state index in [9.17, 15) is 13.6 Å². The molecular weight excluding hydrogens is 188 g/mol. The summed E-state index contributed by atoms with van der Waals surface area (Å²) in [5.74, 6) is -0.123. The second-order valence-corrected chi connectivity index (χ2v) is 3.39. The minimum Gasteiger partial charge on any atom is -0.342 e. The average Bonchev–Trinajstić information content (AvgIpc) is 2.10. The van der Waals surface area contributed by atoms with Gasteiger partial charge in [-0.2, -0.15) is 0 Å². The number of hydrogen-bond donors (Lipinski definition) is 0. The Morgan fingerprint density at radius 3 is 2.43 bits per heavy atom. The molecule has 0 aliphatic rings. The van der Waals surface area contributed by atoms with E-state index >= 15 is 0 Å². The lowest BCUT2D eigenvalue weighted by atomic mass is 10.2. The van der Waals surface area contributed by atoms with Crippen molar-refractivity contribution in [3.63, 3.8) is 0 Å². The Balaban J connectivity index is 3.59. The number of amides is 1. The molecule has 0 spiro atoms. The highest BCUT2D eigenvalue weighted by Gasteiger charge is 2.08. The Hall–Kier alpha value is -0.930. The molecule has 14 heavy (non-hydrogen) atoms. The molecule has 0 atom stereocenters. The topological polar surface area (TPSA) is 20.3 Å². The van der Waals surface area contributed by atoms with Crippen LogP contribution in [0.3, 0.4) is 0 Å². The van der Waals surface area contributed by atoms with E-state index in [4.69, 9.17) is 0 Å². The first kappa shape index (κ1) is 13.1. The van der Waals surface area contributed by atoms with Gasteiger partial charge in [0, 0.05) is 25.6 Å². The fourth-order valence-corrected chi connectivity index (χ4v) is 1.07. The molecule has 2 nitrogen and oxygen atoms in total. The molecule has 0 aliphatic carbocycles. The third kappa shape index (κ3) is 5.67. The third-order valence-electron chi connectivity index (χ3n) is 1.88. The molecular formula is C10H17F2NO. The number of carbonyl (C=O) groups excluding carboxylic acids is 1. The third-order valence-corrected chi connectivity index (χ3v) is 1.88. The maximum atomic E-state index is 11.8. The molecule has 0 heterocycles. The molecule has 0 aromatic heterocycles. The van der Waals surface area contributed by atoms with Gasteiger partial charge in [0.15, 0.2) is 0 Å². The van der Waals surface area contributed by atoms with Crippen molar-refractivity contribution >= 4 is 5.91 Å². The molecule has 0 aliphatic heterocycles. The summed E-state index contributed by atoms with van der Waals surface area (Å²) >= 11 is 0. The Labute approximate surface area is 83.6 Å². The summed E-state index contributed by atoms with van der Waals surface area (Å²) in [4.78, 5) is 12.8. The van der Waals surface area contributed by atoms with Gasteiger partial charge in [0.2, 0.25) is 12.3 Å². The van der Waals surface area contributed by atoms with Gasteiger partial charge in [0.25, 0.3) is 0 Å². The molecule has 0 aromatic rings. The van der Waals surface area contributed by atoms with Crippen molar-refractivity contribution in [2.24, 2.45) is 0 Å². The normalized spacial score (nSPS) is 10.4. The maximum absolute atomic E-state index is 11.8. The van der Waals surface area contributed by atoms with Crippen molar-refractivity contribution in [2.75, 3.05) is 13.6 Å². The Morgan fingerprint density at radius 2 is 2.00 bits per heavy atom. The van der Waals surface area contributed by atoms with Gasteiger partial charge in [-0.15, -0.1) is 0 Å².